The number of carbonyl (C=O) groups excluding carboxylic acids is 1. The van der Waals surface area contributed by atoms with Crippen molar-refractivity contribution < 1.29 is 13.6 Å². The molecular weight excluding hydrogens is 351 g/mol. The van der Waals surface area contributed by atoms with Crippen LogP contribution in [0.2, 0.25) is 10.0 Å². The summed E-state index contributed by atoms with van der Waals surface area (Å²) in [5.74, 6) is -0.355. The summed E-state index contributed by atoms with van der Waals surface area (Å²) in [7, 11) is 0. The number of halogens is 4. The van der Waals surface area contributed by atoms with Crippen LogP contribution in [0, 0.1) is 6.92 Å². The van der Waals surface area contributed by atoms with E-state index in [4.69, 9.17) is 23.2 Å². The van der Waals surface area contributed by atoms with Gasteiger partial charge in [-0.15, -0.1) is 0 Å². The van der Waals surface area contributed by atoms with Gasteiger partial charge in [0.15, 0.2) is 0 Å². The molecule has 0 unspecified atom stereocenters. The van der Waals surface area contributed by atoms with Crippen LogP contribution in [0.1, 0.15) is 30.8 Å². The zero-order valence-corrected chi connectivity index (χ0v) is 13.9. The van der Waals surface area contributed by atoms with Gasteiger partial charge in [-0.3, -0.25) is 14.2 Å². The van der Waals surface area contributed by atoms with E-state index in [2.05, 4.69) is 15.5 Å². The predicted octanol–water partition coefficient (Wildman–Crippen LogP) is 3.01. The van der Waals surface area contributed by atoms with Gasteiger partial charge in [-0.25, -0.2) is 8.78 Å². The van der Waals surface area contributed by atoms with Crippen molar-refractivity contribution in [3.63, 3.8) is 0 Å². The summed E-state index contributed by atoms with van der Waals surface area (Å²) in [6, 6.07) is -0.763. The van der Waals surface area contributed by atoms with Crippen molar-refractivity contribution in [2.75, 3.05) is 6.54 Å². The average molecular weight is 366 g/mol. The summed E-state index contributed by atoms with van der Waals surface area (Å²) in [4.78, 5) is 12.1. The van der Waals surface area contributed by atoms with Crippen LogP contribution in [0.3, 0.4) is 0 Å². The Hall–Kier alpha value is -1.67. The highest BCUT2D eigenvalue weighted by atomic mass is 35.5. The smallest absolute Gasteiger partial charge is 0.283 e. The molecule has 2 aromatic rings. The number of nitrogens with zero attached hydrogens (tertiary/aromatic N) is 4. The molecule has 0 aromatic carbocycles. The van der Waals surface area contributed by atoms with Crippen molar-refractivity contribution in [1.82, 2.24) is 24.9 Å². The number of amides is 1. The van der Waals surface area contributed by atoms with Gasteiger partial charge in [0.25, 0.3) is 6.43 Å². The van der Waals surface area contributed by atoms with Crippen molar-refractivity contribution in [3.05, 3.63) is 33.8 Å². The highest BCUT2D eigenvalue weighted by molar-refractivity contribution is 6.32. The maximum atomic E-state index is 12.8. The fraction of sp³-hybridized carbons (Fsp3) is 0.462. The molecule has 2 heterocycles. The molecule has 0 aliphatic carbocycles. The molecule has 1 N–H and O–H groups in total. The van der Waals surface area contributed by atoms with Gasteiger partial charge in [-0.1, -0.05) is 23.2 Å². The molecule has 0 aliphatic rings. The molecule has 1 atom stereocenters. The lowest BCUT2D eigenvalue weighted by molar-refractivity contribution is -0.124. The molecule has 0 radical (unpaired) electrons. The highest BCUT2D eigenvalue weighted by Gasteiger charge is 2.25. The predicted molar refractivity (Wildman–Crippen MR) is 81.9 cm³/mol. The molecule has 6 nitrogen and oxygen atoms in total. The first-order valence-corrected chi connectivity index (χ1v) is 7.55. The molecule has 23 heavy (non-hydrogen) atoms. The van der Waals surface area contributed by atoms with Gasteiger partial charge in [0.2, 0.25) is 5.91 Å². The third kappa shape index (κ3) is 4.00. The zero-order chi connectivity index (χ0) is 17.1. The number of aromatic nitrogens is 4. The Morgan fingerprint density at radius 3 is 2.65 bits per heavy atom. The Morgan fingerprint density at radius 1 is 1.43 bits per heavy atom. The SMILES string of the molecule is Cc1c(Cl)c(C(F)F)nn1[C@H](C)C(=O)NCCn1cc(Cl)cn1. The Bertz CT molecular complexity index is 701. The fourth-order valence-electron chi connectivity index (χ4n) is 2.05. The van der Waals surface area contributed by atoms with E-state index in [9.17, 15) is 13.6 Å². The van der Waals surface area contributed by atoms with E-state index in [1.54, 1.807) is 17.8 Å². The van der Waals surface area contributed by atoms with E-state index in [0.29, 0.717) is 23.8 Å². The molecule has 0 bridgehead atoms. The van der Waals surface area contributed by atoms with Gasteiger partial charge >= 0.3 is 0 Å². The van der Waals surface area contributed by atoms with Gasteiger partial charge in [0.1, 0.15) is 11.7 Å². The number of rotatable bonds is 6. The van der Waals surface area contributed by atoms with E-state index < -0.39 is 18.2 Å². The maximum absolute atomic E-state index is 12.8. The van der Waals surface area contributed by atoms with Crippen molar-refractivity contribution in [2.24, 2.45) is 0 Å². The van der Waals surface area contributed by atoms with Crippen LogP contribution in [-0.2, 0) is 11.3 Å². The molecule has 0 fully saturated rings. The first-order chi connectivity index (χ1) is 10.8. The van der Waals surface area contributed by atoms with Crippen LogP contribution < -0.4 is 5.32 Å². The maximum Gasteiger partial charge on any atom is 0.283 e. The molecule has 0 spiro atoms. The minimum Gasteiger partial charge on any atom is -0.352 e. The van der Waals surface area contributed by atoms with Gasteiger partial charge in [-0.2, -0.15) is 10.2 Å². The van der Waals surface area contributed by atoms with Crippen LogP contribution >= 0.6 is 23.2 Å². The van der Waals surface area contributed by atoms with Crippen molar-refractivity contribution in [1.29, 1.82) is 0 Å². The number of nitrogens with one attached hydrogen (secondary N) is 1. The van der Waals surface area contributed by atoms with Crippen LogP contribution in [0.25, 0.3) is 0 Å². The summed E-state index contributed by atoms with van der Waals surface area (Å²) in [6.45, 7) is 3.85. The average Bonchev–Trinajstić information content (AvgIpc) is 3.03. The van der Waals surface area contributed by atoms with Crippen molar-refractivity contribution in [3.8, 4) is 0 Å². The van der Waals surface area contributed by atoms with E-state index in [1.165, 1.54) is 17.8 Å². The van der Waals surface area contributed by atoms with Crippen molar-refractivity contribution >= 4 is 29.1 Å². The third-order valence-corrected chi connectivity index (χ3v) is 3.96. The summed E-state index contributed by atoms with van der Waals surface area (Å²) in [5.41, 5.74) is -0.196. The molecule has 0 saturated carbocycles. The summed E-state index contributed by atoms with van der Waals surface area (Å²) in [5, 5.41) is 10.8. The second-order valence-electron chi connectivity index (χ2n) is 4.92. The minimum atomic E-state index is -2.79. The van der Waals surface area contributed by atoms with Gasteiger partial charge in [0.05, 0.1) is 28.5 Å². The van der Waals surface area contributed by atoms with Gasteiger partial charge in [0, 0.05) is 12.7 Å². The molecule has 0 aliphatic heterocycles. The lowest BCUT2D eigenvalue weighted by Gasteiger charge is -2.14. The Labute approximate surface area is 141 Å². The van der Waals surface area contributed by atoms with Gasteiger partial charge < -0.3 is 5.32 Å². The van der Waals surface area contributed by atoms with Crippen LogP contribution in [0.5, 0.6) is 0 Å². The topological polar surface area (TPSA) is 64.7 Å². The first kappa shape index (κ1) is 17.7. The number of hydrogen-bond donors (Lipinski definition) is 1. The van der Waals surface area contributed by atoms with Crippen molar-refractivity contribution in [2.45, 2.75) is 32.9 Å². The van der Waals surface area contributed by atoms with E-state index in [-0.39, 0.29) is 10.9 Å². The van der Waals surface area contributed by atoms with Crippen LogP contribution in [0.15, 0.2) is 12.4 Å². The molecular formula is C13H15Cl2F2N5O. The largest absolute Gasteiger partial charge is 0.352 e. The lowest BCUT2D eigenvalue weighted by Crippen LogP contribution is -2.34. The first-order valence-electron chi connectivity index (χ1n) is 6.79. The quantitative estimate of drug-likeness (QED) is 0.855. The summed E-state index contributed by atoms with van der Waals surface area (Å²) < 4.78 is 28.4. The summed E-state index contributed by atoms with van der Waals surface area (Å²) in [6.07, 6.45) is 0.332. The molecule has 2 aromatic heterocycles. The Morgan fingerprint density at radius 2 is 2.13 bits per heavy atom. The minimum absolute atomic E-state index is 0.120. The fourth-order valence-corrected chi connectivity index (χ4v) is 2.41. The number of carbonyl (C=O) groups is 1. The van der Waals surface area contributed by atoms with Gasteiger partial charge in [-0.05, 0) is 13.8 Å². The number of hydrogen-bond acceptors (Lipinski definition) is 3. The Balaban J connectivity index is 1.98. The molecule has 126 valence electrons. The second kappa shape index (κ2) is 7.27. The Kier molecular flexibility index (Phi) is 5.59. The highest BCUT2D eigenvalue weighted by Crippen LogP contribution is 2.30. The van der Waals surface area contributed by atoms with E-state index in [1.807, 2.05) is 0 Å². The molecule has 2 rings (SSSR count). The van der Waals surface area contributed by atoms with E-state index >= 15 is 0 Å². The summed E-state index contributed by atoms with van der Waals surface area (Å²) >= 11 is 11.6. The number of alkyl halides is 2. The second-order valence-corrected chi connectivity index (χ2v) is 5.73. The monoisotopic (exact) mass is 365 g/mol. The molecule has 0 saturated heterocycles. The third-order valence-electron chi connectivity index (χ3n) is 3.30. The normalized spacial score (nSPS) is 12.7. The zero-order valence-electron chi connectivity index (χ0n) is 12.4. The lowest BCUT2D eigenvalue weighted by atomic mass is 10.3. The van der Waals surface area contributed by atoms with E-state index in [0.717, 1.165) is 0 Å². The van der Waals surface area contributed by atoms with Crippen LogP contribution in [-0.4, -0.2) is 32.0 Å². The van der Waals surface area contributed by atoms with Crippen LogP contribution in [0.4, 0.5) is 8.78 Å². The molecule has 10 heteroatoms. The molecule has 1 amide bonds. The standard InChI is InChI=1S/C13H15Cl2F2N5O/c1-7-10(15)11(12(16)17)20-22(7)8(2)13(23)18-3-4-21-6-9(14)5-19-21/h5-6,8,12H,3-4H2,1-2H3,(H,18,23)/t8-/m1/s1.